The summed E-state index contributed by atoms with van der Waals surface area (Å²) in [6.07, 6.45) is 11.0. The van der Waals surface area contributed by atoms with E-state index in [-0.39, 0.29) is 40.5 Å². The van der Waals surface area contributed by atoms with Crippen LogP contribution in [0.15, 0.2) is 12.2 Å². The molecule has 0 amide bonds. The van der Waals surface area contributed by atoms with Crippen molar-refractivity contribution in [1.29, 1.82) is 0 Å². The molecule has 0 spiro atoms. The summed E-state index contributed by atoms with van der Waals surface area (Å²) in [5.74, 6) is 2.99. The molecule has 184 valence electrons. The Hall–Kier alpha value is -0.750. The molecule has 6 rings (SSSR count). The highest BCUT2D eigenvalue weighted by Gasteiger charge is 2.79. The van der Waals surface area contributed by atoms with Crippen LogP contribution in [0.25, 0.3) is 0 Å². The lowest BCUT2D eigenvalue weighted by molar-refractivity contribution is -0.493. The molecular formula is C28H42O5. The summed E-state index contributed by atoms with van der Waals surface area (Å²) in [6.45, 7) is 13.8. The van der Waals surface area contributed by atoms with Crippen LogP contribution in [-0.2, 0) is 24.3 Å². The summed E-state index contributed by atoms with van der Waals surface area (Å²) in [7, 11) is 0. The van der Waals surface area contributed by atoms with E-state index in [1.807, 2.05) is 0 Å². The molecule has 0 radical (unpaired) electrons. The average molecular weight is 459 g/mol. The molecule has 12 atom stereocenters. The predicted molar refractivity (Wildman–Crippen MR) is 124 cm³/mol. The van der Waals surface area contributed by atoms with Gasteiger partial charge in [0.15, 0.2) is 11.9 Å². The lowest BCUT2D eigenvalue weighted by Crippen LogP contribution is -2.71. The van der Waals surface area contributed by atoms with Crippen LogP contribution >= 0.6 is 0 Å². The van der Waals surface area contributed by atoms with E-state index in [1.54, 1.807) is 0 Å². The molecule has 0 aromatic rings. The molecule has 0 aromatic heterocycles. The number of Topliss-reactive ketones (excluding diaryl/α,β-unsaturated/α-hetero) is 1. The Morgan fingerprint density at radius 3 is 2.42 bits per heavy atom. The van der Waals surface area contributed by atoms with Gasteiger partial charge in [0, 0.05) is 17.3 Å². The van der Waals surface area contributed by atoms with E-state index in [9.17, 15) is 4.79 Å². The van der Waals surface area contributed by atoms with E-state index < -0.39 is 6.10 Å². The maximum atomic E-state index is 14.3. The van der Waals surface area contributed by atoms with Crippen molar-refractivity contribution in [3.63, 3.8) is 0 Å². The molecule has 4 saturated carbocycles. The number of ketones is 1. The number of hydrogen-bond donors (Lipinski definition) is 0. The minimum Gasteiger partial charge on any atom is -0.296 e. The number of carbonyl (C=O) groups excluding carboxylic acids is 1. The highest BCUT2D eigenvalue weighted by Crippen LogP contribution is 2.73. The second-order valence-corrected chi connectivity index (χ2v) is 13.1. The summed E-state index contributed by atoms with van der Waals surface area (Å²) in [4.78, 5) is 37.7. The van der Waals surface area contributed by atoms with Gasteiger partial charge in [-0.05, 0) is 73.5 Å². The topological polar surface area (TPSA) is 54.0 Å². The van der Waals surface area contributed by atoms with Crippen molar-refractivity contribution in [1.82, 2.24) is 0 Å². The zero-order valence-corrected chi connectivity index (χ0v) is 21.2. The number of hydrogen-bond acceptors (Lipinski definition) is 5. The summed E-state index contributed by atoms with van der Waals surface area (Å²) in [6, 6.07) is 0. The van der Waals surface area contributed by atoms with Crippen molar-refractivity contribution in [2.24, 2.45) is 52.3 Å². The van der Waals surface area contributed by atoms with Gasteiger partial charge in [-0.15, -0.1) is 0 Å². The first kappa shape index (κ1) is 22.7. The van der Waals surface area contributed by atoms with Gasteiger partial charge in [0.1, 0.15) is 17.8 Å². The Morgan fingerprint density at radius 1 is 0.939 bits per heavy atom. The molecule has 4 aliphatic carbocycles. The van der Waals surface area contributed by atoms with Crippen molar-refractivity contribution >= 4 is 5.78 Å². The first-order valence-electron chi connectivity index (χ1n) is 13.5. The second-order valence-electron chi connectivity index (χ2n) is 13.1. The Kier molecular flexibility index (Phi) is 5.08. The first-order valence-corrected chi connectivity index (χ1v) is 13.5. The van der Waals surface area contributed by atoms with Crippen LogP contribution in [0.4, 0.5) is 0 Å². The van der Waals surface area contributed by atoms with Gasteiger partial charge >= 0.3 is 0 Å². The first-order chi connectivity index (χ1) is 15.6. The van der Waals surface area contributed by atoms with Gasteiger partial charge in [-0.3, -0.25) is 4.79 Å². The van der Waals surface area contributed by atoms with Crippen LogP contribution in [0.3, 0.4) is 0 Å². The summed E-state index contributed by atoms with van der Waals surface area (Å²) >= 11 is 0. The number of fused-ring (bicyclic) bond motifs is 4. The molecule has 6 aliphatic rings. The Labute approximate surface area is 198 Å². The molecule has 12 unspecified atom stereocenters. The van der Waals surface area contributed by atoms with Gasteiger partial charge in [0.05, 0.1) is 0 Å². The Balaban J connectivity index is 1.33. The molecule has 5 nitrogen and oxygen atoms in total. The quantitative estimate of drug-likeness (QED) is 0.401. The lowest BCUT2D eigenvalue weighted by atomic mass is 9.41. The number of allylic oxidation sites excluding steroid dienone is 2. The van der Waals surface area contributed by atoms with Crippen molar-refractivity contribution in [3.05, 3.63) is 12.2 Å². The van der Waals surface area contributed by atoms with Gasteiger partial charge in [0.25, 0.3) is 0 Å². The van der Waals surface area contributed by atoms with E-state index in [1.165, 1.54) is 0 Å². The minimum atomic E-state index is -0.442. The normalized spacial score (nSPS) is 54.4. The monoisotopic (exact) mass is 458 g/mol. The van der Waals surface area contributed by atoms with Gasteiger partial charge in [-0.25, -0.2) is 19.6 Å². The van der Waals surface area contributed by atoms with Crippen molar-refractivity contribution < 1.29 is 24.3 Å². The fraction of sp³-hybridized carbons (Fsp3) is 0.893. The smallest absolute Gasteiger partial charge is 0.171 e. The van der Waals surface area contributed by atoms with Crippen molar-refractivity contribution in [2.75, 3.05) is 0 Å². The highest BCUT2D eigenvalue weighted by molar-refractivity contribution is 5.92. The SMILES string of the molecule is CC(C)C(C)C=CC(C)C1CCC2C34CCC5C6OOC6CCC5(C)C3C(OO4)C(=O)C12C. The minimum absolute atomic E-state index is 0.00233. The molecule has 2 bridgehead atoms. The molecule has 2 saturated heterocycles. The number of rotatable bonds is 4. The van der Waals surface area contributed by atoms with E-state index in [0.29, 0.717) is 35.4 Å². The van der Waals surface area contributed by atoms with Crippen molar-refractivity contribution in [3.8, 4) is 0 Å². The van der Waals surface area contributed by atoms with Crippen LogP contribution in [0.1, 0.15) is 80.1 Å². The fourth-order valence-electron chi connectivity index (χ4n) is 9.40. The predicted octanol–water partition coefficient (Wildman–Crippen LogP) is 5.68. The molecule has 5 heteroatoms. The molecule has 2 heterocycles. The van der Waals surface area contributed by atoms with Gasteiger partial charge in [0.2, 0.25) is 0 Å². The molecule has 0 aromatic carbocycles. The molecule has 33 heavy (non-hydrogen) atoms. The third kappa shape index (κ3) is 2.77. The van der Waals surface area contributed by atoms with Crippen molar-refractivity contribution in [2.45, 2.75) is 104 Å². The molecular weight excluding hydrogens is 416 g/mol. The Bertz CT molecular complexity index is 853. The Morgan fingerprint density at radius 2 is 1.73 bits per heavy atom. The maximum Gasteiger partial charge on any atom is 0.171 e. The van der Waals surface area contributed by atoms with Crippen LogP contribution in [0, 0.1) is 52.3 Å². The zero-order chi connectivity index (χ0) is 23.3. The van der Waals surface area contributed by atoms with Crippen LogP contribution < -0.4 is 0 Å². The molecule has 6 fully saturated rings. The van der Waals surface area contributed by atoms with E-state index in [4.69, 9.17) is 19.6 Å². The second kappa shape index (κ2) is 7.38. The summed E-state index contributed by atoms with van der Waals surface area (Å²) < 4.78 is 0. The lowest BCUT2D eigenvalue weighted by Gasteiger charge is -2.64. The van der Waals surface area contributed by atoms with E-state index in [2.05, 4.69) is 53.7 Å². The van der Waals surface area contributed by atoms with Crippen LogP contribution in [-0.4, -0.2) is 29.7 Å². The fourth-order valence-corrected chi connectivity index (χ4v) is 9.40. The van der Waals surface area contributed by atoms with Gasteiger partial charge < -0.3 is 0 Å². The van der Waals surface area contributed by atoms with Gasteiger partial charge in [-0.1, -0.05) is 53.7 Å². The third-order valence-electron chi connectivity index (χ3n) is 11.6. The van der Waals surface area contributed by atoms with E-state index >= 15 is 0 Å². The average Bonchev–Trinajstić information content (AvgIpc) is 3.30. The maximum absolute atomic E-state index is 14.3. The van der Waals surface area contributed by atoms with Crippen LogP contribution in [0.5, 0.6) is 0 Å². The standard InChI is InChI=1S/C28H42O5/c1-15(2)16(3)7-8-17(4)18-9-10-21-27(18,6)25(29)23-24-26(5)13-12-20-22(31-30-20)19(26)11-14-28(21,24)33-32-23/h7-8,15-24H,9-14H2,1-6H3. The third-order valence-corrected chi connectivity index (χ3v) is 11.6. The molecule has 2 aliphatic heterocycles. The van der Waals surface area contributed by atoms with Crippen LogP contribution in [0.2, 0.25) is 0 Å². The largest absolute Gasteiger partial charge is 0.296 e. The number of carbonyl (C=O) groups is 1. The zero-order valence-electron chi connectivity index (χ0n) is 21.2. The van der Waals surface area contributed by atoms with Gasteiger partial charge in [-0.2, -0.15) is 0 Å². The summed E-state index contributed by atoms with van der Waals surface area (Å²) in [5.41, 5.74) is -0.712. The van der Waals surface area contributed by atoms with E-state index in [0.717, 1.165) is 38.5 Å². The molecule has 0 N–H and O–H groups in total. The summed E-state index contributed by atoms with van der Waals surface area (Å²) in [5, 5.41) is 0. The highest BCUT2D eigenvalue weighted by atomic mass is 17.2.